The fourth-order valence-corrected chi connectivity index (χ4v) is 2.70. The molecule has 0 saturated heterocycles. The first-order chi connectivity index (χ1) is 8.09. The fourth-order valence-electron chi connectivity index (χ4n) is 1.17. The first kappa shape index (κ1) is 14.5. The van der Waals surface area contributed by atoms with Gasteiger partial charge in [0.15, 0.2) is 0 Å². The number of carbonyl (C=O) groups is 1. The van der Waals surface area contributed by atoms with E-state index < -0.39 is 0 Å². The second kappa shape index (κ2) is 7.68. The van der Waals surface area contributed by atoms with Crippen molar-refractivity contribution < 1.29 is 9.90 Å². The standard InChI is InChI=1S/C11H18N2O2S2/c1-9(14)3-4-13(2)11(15)7-16-5-10-6-17-8-12-10/h6,8-9,14H,3-5,7H2,1-2H3. The molecule has 0 aliphatic carbocycles. The van der Waals surface area contributed by atoms with Crippen molar-refractivity contribution in [1.29, 1.82) is 0 Å². The Morgan fingerprint density at radius 3 is 3.06 bits per heavy atom. The van der Waals surface area contributed by atoms with Gasteiger partial charge in [0.1, 0.15) is 0 Å². The number of carbonyl (C=O) groups excluding carboxylic acids is 1. The number of hydrogen-bond donors (Lipinski definition) is 1. The van der Waals surface area contributed by atoms with Crippen molar-refractivity contribution in [3.63, 3.8) is 0 Å². The van der Waals surface area contributed by atoms with E-state index in [1.54, 1.807) is 47.5 Å². The van der Waals surface area contributed by atoms with Crippen LogP contribution in [0.15, 0.2) is 10.9 Å². The van der Waals surface area contributed by atoms with Gasteiger partial charge in [-0.15, -0.1) is 23.1 Å². The largest absolute Gasteiger partial charge is 0.393 e. The Labute approximate surface area is 110 Å². The number of aliphatic hydroxyl groups is 1. The molecule has 1 aromatic rings. The minimum absolute atomic E-state index is 0.103. The molecule has 1 atom stereocenters. The molecule has 1 aromatic heterocycles. The topological polar surface area (TPSA) is 53.4 Å². The Morgan fingerprint density at radius 1 is 1.71 bits per heavy atom. The summed E-state index contributed by atoms with van der Waals surface area (Å²) in [6.07, 6.45) is 0.270. The molecule has 17 heavy (non-hydrogen) atoms. The fraction of sp³-hybridized carbons (Fsp3) is 0.636. The van der Waals surface area contributed by atoms with Crippen LogP contribution < -0.4 is 0 Å². The number of amides is 1. The maximum Gasteiger partial charge on any atom is 0.232 e. The molecular weight excluding hydrogens is 256 g/mol. The van der Waals surface area contributed by atoms with E-state index in [1.165, 1.54) is 0 Å². The highest BCUT2D eigenvalue weighted by molar-refractivity contribution is 7.99. The first-order valence-corrected chi connectivity index (χ1v) is 7.56. The summed E-state index contributed by atoms with van der Waals surface area (Å²) in [7, 11) is 1.77. The molecule has 0 aliphatic heterocycles. The molecule has 0 saturated carbocycles. The van der Waals surface area contributed by atoms with E-state index >= 15 is 0 Å². The van der Waals surface area contributed by atoms with Crippen molar-refractivity contribution >= 4 is 29.0 Å². The van der Waals surface area contributed by atoms with Crippen molar-refractivity contribution in [2.45, 2.75) is 25.2 Å². The molecule has 0 bridgehead atoms. The van der Waals surface area contributed by atoms with Crippen LogP contribution in [0.3, 0.4) is 0 Å². The predicted molar refractivity (Wildman–Crippen MR) is 72.2 cm³/mol. The van der Waals surface area contributed by atoms with Crippen LogP contribution in [-0.2, 0) is 10.5 Å². The maximum absolute atomic E-state index is 11.7. The average molecular weight is 274 g/mol. The molecule has 1 heterocycles. The molecule has 0 aliphatic rings. The van der Waals surface area contributed by atoms with Gasteiger partial charge in [-0.05, 0) is 13.3 Å². The summed E-state index contributed by atoms with van der Waals surface area (Å²) in [6, 6.07) is 0. The van der Waals surface area contributed by atoms with Crippen molar-refractivity contribution in [3.05, 3.63) is 16.6 Å². The average Bonchev–Trinajstić information content (AvgIpc) is 2.78. The van der Waals surface area contributed by atoms with E-state index in [1.807, 2.05) is 5.38 Å². The monoisotopic (exact) mass is 274 g/mol. The lowest BCUT2D eigenvalue weighted by atomic mass is 10.3. The zero-order valence-electron chi connectivity index (χ0n) is 10.1. The third-order valence-corrected chi connectivity index (χ3v) is 3.85. The van der Waals surface area contributed by atoms with Crippen LogP contribution in [-0.4, -0.2) is 46.3 Å². The van der Waals surface area contributed by atoms with E-state index in [4.69, 9.17) is 5.11 Å². The molecule has 1 rings (SSSR count). The summed E-state index contributed by atoms with van der Waals surface area (Å²) in [4.78, 5) is 17.5. The van der Waals surface area contributed by atoms with Gasteiger partial charge < -0.3 is 10.0 Å². The molecular formula is C11H18N2O2S2. The van der Waals surface area contributed by atoms with Crippen molar-refractivity contribution in [2.75, 3.05) is 19.3 Å². The van der Waals surface area contributed by atoms with Crippen molar-refractivity contribution in [2.24, 2.45) is 0 Å². The van der Waals surface area contributed by atoms with Crippen LogP contribution in [0.5, 0.6) is 0 Å². The van der Waals surface area contributed by atoms with Gasteiger partial charge in [-0.1, -0.05) is 0 Å². The minimum Gasteiger partial charge on any atom is -0.393 e. The Kier molecular flexibility index (Phi) is 6.54. The number of rotatable bonds is 7. The Hall–Kier alpha value is -0.590. The number of hydrogen-bond acceptors (Lipinski definition) is 5. The molecule has 0 spiro atoms. The molecule has 6 heteroatoms. The van der Waals surface area contributed by atoms with Gasteiger partial charge >= 0.3 is 0 Å². The lowest BCUT2D eigenvalue weighted by Crippen LogP contribution is -2.30. The highest BCUT2D eigenvalue weighted by atomic mass is 32.2. The van der Waals surface area contributed by atoms with Gasteiger partial charge in [0.05, 0.1) is 23.1 Å². The Morgan fingerprint density at radius 2 is 2.47 bits per heavy atom. The number of nitrogens with zero attached hydrogens (tertiary/aromatic N) is 2. The summed E-state index contributed by atoms with van der Waals surface area (Å²) in [5, 5.41) is 11.1. The van der Waals surface area contributed by atoms with Gasteiger partial charge in [-0.3, -0.25) is 4.79 Å². The van der Waals surface area contributed by atoms with Crippen LogP contribution in [0.2, 0.25) is 0 Å². The first-order valence-electron chi connectivity index (χ1n) is 5.46. The highest BCUT2D eigenvalue weighted by Gasteiger charge is 2.09. The third-order valence-electron chi connectivity index (χ3n) is 2.27. The SMILES string of the molecule is CC(O)CCN(C)C(=O)CSCc1cscn1. The molecule has 0 radical (unpaired) electrons. The molecule has 4 nitrogen and oxygen atoms in total. The van der Waals surface area contributed by atoms with Crippen LogP contribution in [0.1, 0.15) is 19.0 Å². The van der Waals surface area contributed by atoms with Crippen LogP contribution in [0.25, 0.3) is 0 Å². The number of thiazole rings is 1. The van der Waals surface area contributed by atoms with Gasteiger partial charge in [0, 0.05) is 24.7 Å². The molecule has 0 aromatic carbocycles. The Bertz CT molecular complexity index is 328. The van der Waals surface area contributed by atoms with Gasteiger partial charge in [-0.2, -0.15) is 0 Å². The summed E-state index contributed by atoms with van der Waals surface area (Å²) in [5.41, 5.74) is 2.83. The number of aromatic nitrogens is 1. The molecule has 1 unspecified atom stereocenters. The molecule has 1 N–H and O–H groups in total. The quantitative estimate of drug-likeness (QED) is 0.820. The van der Waals surface area contributed by atoms with E-state index in [2.05, 4.69) is 4.98 Å². The smallest absolute Gasteiger partial charge is 0.232 e. The molecule has 0 fully saturated rings. The van der Waals surface area contributed by atoms with E-state index in [0.29, 0.717) is 18.7 Å². The van der Waals surface area contributed by atoms with Gasteiger partial charge in [0.25, 0.3) is 0 Å². The zero-order valence-corrected chi connectivity index (χ0v) is 11.8. The predicted octanol–water partition coefficient (Wildman–Crippen LogP) is 1.61. The van der Waals surface area contributed by atoms with Crippen molar-refractivity contribution in [1.82, 2.24) is 9.88 Å². The lowest BCUT2D eigenvalue weighted by molar-refractivity contribution is -0.127. The lowest BCUT2D eigenvalue weighted by Gasteiger charge is -2.17. The van der Waals surface area contributed by atoms with Gasteiger partial charge in [0.2, 0.25) is 5.91 Å². The number of thioether (sulfide) groups is 1. The summed E-state index contributed by atoms with van der Waals surface area (Å²) in [6.45, 7) is 2.34. The second-order valence-corrected chi connectivity index (χ2v) is 5.63. The van der Waals surface area contributed by atoms with E-state index in [9.17, 15) is 4.79 Å². The van der Waals surface area contributed by atoms with Crippen LogP contribution in [0.4, 0.5) is 0 Å². The highest BCUT2D eigenvalue weighted by Crippen LogP contribution is 2.12. The molecule has 96 valence electrons. The van der Waals surface area contributed by atoms with E-state index in [-0.39, 0.29) is 12.0 Å². The van der Waals surface area contributed by atoms with E-state index in [0.717, 1.165) is 11.4 Å². The van der Waals surface area contributed by atoms with Crippen molar-refractivity contribution in [3.8, 4) is 0 Å². The summed E-state index contributed by atoms with van der Waals surface area (Å²) >= 11 is 3.14. The molecule has 1 amide bonds. The zero-order chi connectivity index (χ0) is 12.7. The van der Waals surface area contributed by atoms with Gasteiger partial charge in [-0.25, -0.2) is 4.98 Å². The Balaban J connectivity index is 2.15. The maximum atomic E-state index is 11.7. The van der Waals surface area contributed by atoms with Crippen LogP contribution in [0, 0.1) is 0 Å². The summed E-state index contributed by atoms with van der Waals surface area (Å²) < 4.78 is 0. The third kappa shape index (κ3) is 6.05. The minimum atomic E-state index is -0.354. The van der Waals surface area contributed by atoms with Crippen LogP contribution >= 0.6 is 23.1 Å². The summed E-state index contributed by atoms with van der Waals surface area (Å²) in [5.74, 6) is 1.35. The normalized spacial score (nSPS) is 12.4. The second-order valence-electron chi connectivity index (χ2n) is 3.93. The number of aliphatic hydroxyl groups excluding tert-OH is 1.